The highest BCUT2D eigenvalue weighted by atomic mass is 19.3. The minimum absolute atomic E-state index is 0.00865. The number of nitrogens with one attached hydrogen (secondary N) is 1. The van der Waals surface area contributed by atoms with Gasteiger partial charge in [0.15, 0.2) is 0 Å². The molecule has 0 aliphatic rings. The Labute approximate surface area is 108 Å². The van der Waals surface area contributed by atoms with E-state index < -0.39 is 13.0 Å². The van der Waals surface area contributed by atoms with Crippen LogP contribution in [-0.4, -0.2) is 52.8 Å². The Morgan fingerprint density at radius 3 is 2.68 bits per heavy atom. The van der Waals surface area contributed by atoms with Gasteiger partial charge < -0.3 is 14.7 Å². The van der Waals surface area contributed by atoms with E-state index in [2.05, 4.69) is 20.4 Å². The summed E-state index contributed by atoms with van der Waals surface area (Å²) in [5, 5.41) is 8.88. The SMILES string of the molecule is CCOc1nc(NN)nc(N(CCO)CC(F)F)n1. The summed E-state index contributed by atoms with van der Waals surface area (Å²) < 4.78 is 30.0. The molecule has 1 heterocycles. The predicted octanol–water partition coefficient (Wildman–Crippen LogP) is -0.380. The Morgan fingerprint density at radius 1 is 1.42 bits per heavy atom. The fourth-order valence-corrected chi connectivity index (χ4v) is 1.31. The van der Waals surface area contributed by atoms with Crippen molar-refractivity contribution in [2.24, 2.45) is 5.84 Å². The lowest BCUT2D eigenvalue weighted by atomic mass is 10.5. The Balaban J connectivity index is 3.02. The van der Waals surface area contributed by atoms with Gasteiger partial charge in [0.25, 0.3) is 6.43 Å². The lowest BCUT2D eigenvalue weighted by Crippen LogP contribution is -2.33. The molecule has 1 aromatic rings. The summed E-state index contributed by atoms with van der Waals surface area (Å²) in [6.45, 7) is 1.07. The lowest BCUT2D eigenvalue weighted by molar-refractivity contribution is 0.152. The van der Waals surface area contributed by atoms with Crippen molar-refractivity contribution in [1.82, 2.24) is 15.0 Å². The van der Waals surface area contributed by atoms with Crippen LogP contribution in [0.5, 0.6) is 6.01 Å². The Morgan fingerprint density at radius 2 is 2.16 bits per heavy atom. The largest absolute Gasteiger partial charge is 0.464 e. The smallest absolute Gasteiger partial charge is 0.323 e. The zero-order valence-corrected chi connectivity index (χ0v) is 10.4. The van der Waals surface area contributed by atoms with Crippen LogP contribution in [0.25, 0.3) is 0 Å². The van der Waals surface area contributed by atoms with E-state index in [0.29, 0.717) is 6.61 Å². The van der Waals surface area contributed by atoms with Crippen molar-refractivity contribution in [3.8, 4) is 6.01 Å². The van der Waals surface area contributed by atoms with E-state index in [0.717, 1.165) is 4.90 Å². The third-order valence-corrected chi connectivity index (χ3v) is 2.02. The van der Waals surface area contributed by atoms with E-state index in [-0.39, 0.29) is 31.1 Å². The van der Waals surface area contributed by atoms with Gasteiger partial charge in [-0.3, -0.25) is 5.43 Å². The maximum Gasteiger partial charge on any atom is 0.323 e. The molecule has 0 aliphatic carbocycles. The maximum absolute atomic E-state index is 12.5. The summed E-state index contributed by atoms with van der Waals surface area (Å²) >= 11 is 0. The van der Waals surface area contributed by atoms with Crippen molar-refractivity contribution >= 4 is 11.9 Å². The monoisotopic (exact) mass is 278 g/mol. The van der Waals surface area contributed by atoms with Gasteiger partial charge in [-0.2, -0.15) is 15.0 Å². The summed E-state index contributed by atoms with van der Waals surface area (Å²) in [5.74, 6) is 5.14. The van der Waals surface area contributed by atoms with E-state index in [1.54, 1.807) is 6.92 Å². The number of aromatic nitrogens is 3. The molecule has 10 heteroatoms. The minimum atomic E-state index is -2.59. The molecule has 0 unspecified atom stereocenters. The lowest BCUT2D eigenvalue weighted by Gasteiger charge is -2.21. The average Bonchev–Trinajstić information content (AvgIpc) is 2.37. The topological polar surface area (TPSA) is 109 Å². The fourth-order valence-electron chi connectivity index (χ4n) is 1.31. The Kier molecular flexibility index (Phi) is 6.09. The summed E-state index contributed by atoms with van der Waals surface area (Å²) in [4.78, 5) is 12.7. The van der Waals surface area contributed by atoms with Crippen LogP contribution in [0.15, 0.2) is 0 Å². The molecule has 19 heavy (non-hydrogen) atoms. The van der Waals surface area contributed by atoms with Crippen LogP contribution in [-0.2, 0) is 0 Å². The second-order valence-electron chi connectivity index (χ2n) is 3.38. The maximum atomic E-state index is 12.5. The van der Waals surface area contributed by atoms with E-state index >= 15 is 0 Å². The van der Waals surface area contributed by atoms with Gasteiger partial charge in [0, 0.05) is 6.54 Å². The van der Waals surface area contributed by atoms with E-state index in [4.69, 9.17) is 15.7 Å². The number of halogens is 2. The van der Waals surface area contributed by atoms with Crippen LogP contribution in [0.4, 0.5) is 20.7 Å². The quantitative estimate of drug-likeness (QED) is 0.436. The third kappa shape index (κ3) is 4.75. The van der Waals surface area contributed by atoms with Crippen LogP contribution in [0.3, 0.4) is 0 Å². The molecule has 1 rings (SSSR count). The number of nitrogen functional groups attached to an aromatic ring is 1. The molecule has 0 aliphatic heterocycles. The molecule has 0 saturated heterocycles. The summed E-state index contributed by atoms with van der Waals surface area (Å²) in [6, 6.07) is -0.0299. The van der Waals surface area contributed by atoms with E-state index in [9.17, 15) is 8.78 Å². The van der Waals surface area contributed by atoms with Crippen molar-refractivity contribution < 1.29 is 18.6 Å². The Bertz CT molecular complexity index is 395. The molecule has 0 bridgehead atoms. The number of anilines is 2. The average molecular weight is 278 g/mol. The molecule has 0 fully saturated rings. The number of ether oxygens (including phenoxy) is 1. The number of hydrazine groups is 1. The summed E-state index contributed by atoms with van der Waals surface area (Å²) in [5.41, 5.74) is 2.20. The number of aliphatic hydroxyl groups excluding tert-OH is 1. The number of rotatable bonds is 8. The zero-order chi connectivity index (χ0) is 14.3. The second kappa shape index (κ2) is 7.59. The minimum Gasteiger partial charge on any atom is -0.464 e. The highest BCUT2D eigenvalue weighted by Crippen LogP contribution is 2.15. The predicted molar refractivity (Wildman–Crippen MR) is 64.1 cm³/mol. The van der Waals surface area contributed by atoms with Gasteiger partial charge in [-0.25, -0.2) is 14.6 Å². The van der Waals surface area contributed by atoms with Crippen molar-refractivity contribution in [3.63, 3.8) is 0 Å². The molecule has 0 atom stereocenters. The first-order chi connectivity index (χ1) is 9.10. The van der Waals surface area contributed by atoms with Gasteiger partial charge in [-0.1, -0.05) is 0 Å². The van der Waals surface area contributed by atoms with E-state index in [1.165, 1.54) is 0 Å². The van der Waals surface area contributed by atoms with Crippen LogP contribution >= 0.6 is 0 Å². The molecular formula is C9H16F2N6O2. The van der Waals surface area contributed by atoms with Gasteiger partial charge in [-0.15, -0.1) is 0 Å². The van der Waals surface area contributed by atoms with Crippen molar-refractivity contribution in [2.45, 2.75) is 13.3 Å². The number of nitrogens with two attached hydrogens (primary N) is 1. The first-order valence-electron chi connectivity index (χ1n) is 5.60. The van der Waals surface area contributed by atoms with Crippen LogP contribution < -0.4 is 20.9 Å². The molecule has 0 spiro atoms. The molecule has 0 radical (unpaired) electrons. The first kappa shape index (κ1) is 15.2. The molecule has 0 aromatic carbocycles. The number of hydrogen-bond donors (Lipinski definition) is 3. The van der Waals surface area contributed by atoms with Gasteiger partial charge in [0.1, 0.15) is 0 Å². The molecule has 108 valence electrons. The standard InChI is InChI=1S/C9H16F2N6O2/c1-2-19-9-14-7(16-12)13-8(15-9)17(3-4-18)5-6(10)11/h6,18H,2-5,12H2,1H3,(H,13,14,15,16). The normalized spacial score (nSPS) is 10.6. The summed E-state index contributed by atoms with van der Waals surface area (Å²) in [7, 11) is 0. The van der Waals surface area contributed by atoms with Crippen molar-refractivity contribution in [2.75, 3.05) is 36.6 Å². The van der Waals surface area contributed by atoms with Crippen molar-refractivity contribution in [3.05, 3.63) is 0 Å². The van der Waals surface area contributed by atoms with Gasteiger partial charge >= 0.3 is 6.01 Å². The summed E-state index contributed by atoms with van der Waals surface area (Å²) in [6.07, 6.45) is -2.59. The number of hydrogen-bond acceptors (Lipinski definition) is 8. The number of aliphatic hydroxyl groups is 1. The van der Waals surface area contributed by atoms with Crippen LogP contribution in [0.2, 0.25) is 0 Å². The highest BCUT2D eigenvalue weighted by Gasteiger charge is 2.17. The van der Waals surface area contributed by atoms with Crippen molar-refractivity contribution in [1.29, 1.82) is 0 Å². The van der Waals surface area contributed by atoms with E-state index in [1.807, 2.05) is 0 Å². The van der Waals surface area contributed by atoms with Gasteiger partial charge in [0.05, 0.1) is 19.8 Å². The van der Waals surface area contributed by atoms with Gasteiger partial charge in [-0.05, 0) is 6.92 Å². The van der Waals surface area contributed by atoms with Gasteiger partial charge in [0.2, 0.25) is 11.9 Å². The highest BCUT2D eigenvalue weighted by molar-refractivity contribution is 5.37. The van der Waals surface area contributed by atoms with Crippen LogP contribution in [0.1, 0.15) is 6.92 Å². The first-order valence-corrected chi connectivity index (χ1v) is 5.60. The number of alkyl halides is 2. The Hall–Kier alpha value is -1.81. The number of nitrogens with zero attached hydrogens (tertiary/aromatic N) is 4. The molecule has 8 nitrogen and oxygen atoms in total. The zero-order valence-electron chi connectivity index (χ0n) is 10.4. The second-order valence-corrected chi connectivity index (χ2v) is 3.38. The molecule has 1 aromatic heterocycles. The molecule has 0 amide bonds. The molecule has 4 N–H and O–H groups in total. The van der Waals surface area contributed by atoms with Crippen LogP contribution in [0, 0.1) is 0 Å². The fraction of sp³-hybridized carbons (Fsp3) is 0.667. The molecular weight excluding hydrogens is 262 g/mol. The third-order valence-electron chi connectivity index (χ3n) is 2.02. The molecule has 0 saturated carbocycles.